The number of amides is 1. The van der Waals surface area contributed by atoms with Gasteiger partial charge in [-0.2, -0.15) is 5.10 Å². The molecule has 0 saturated carbocycles. The third-order valence-corrected chi connectivity index (χ3v) is 3.67. The second-order valence-corrected chi connectivity index (χ2v) is 5.48. The zero-order valence-electron chi connectivity index (χ0n) is 13.3. The Morgan fingerprint density at radius 1 is 1.20 bits per heavy atom. The number of aryl methyl sites for hydroxylation is 1. The quantitative estimate of drug-likeness (QED) is 0.432. The average molecular weight is 337 g/mol. The summed E-state index contributed by atoms with van der Waals surface area (Å²) in [4.78, 5) is 26.8. The monoisotopic (exact) mass is 337 g/mol. The van der Waals surface area contributed by atoms with E-state index in [9.17, 15) is 19.8 Å². The minimum atomic E-state index is -0.854. The first-order valence-corrected chi connectivity index (χ1v) is 7.44. The number of nitrogens with zero attached hydrogens (tertiary/aromatic N) is 1. The molecule has 1 heterocycles. The average Bonchev–Trinajstić information content (AvgIpc) is 2.58. The second-order valence-electron chi connectivity index (χ2n) is 5.48. The molecule has 1 aromatic heterocycles. The van der Waals surface area contributed by atoms with Crippen molar-refractivity contribution in [3.05, 3.63) is 69.5 Å². The Labute approximate surface area is 142 Å². The summed E-state index contributed by atoms with van der Waals surface area (Å²) in [5.74, 6) is -1.26. The van der Waals surface area contributed by atoms with Gasteiger partial charge in [0.15, 0.2) is 0 Å². The van der Waals surface area contributed by atoms with Crippen LogP contribution in [0, 0.1) is 6.92 Å². The van der Waals surface area contributed by atoms with Gasteiger partial charge in [-0.15, -0.1) is 0 Å². The van der Waals surface area contributed by atoms with E-state index < -0.39 is 22.8 Å². The topological polar surface area (TPSA) is 115 Å². The number of aromatic amines is 1. The SMILES string of the molecule is Cc1ccc(O)c(/C=N/NC(=O)c2c(O)c3ccccc3[nH]c2=O)c1. The van der Waals surface area contributed by atoms with Crippen LogP contribution in [0.5, 0.6) is 11.5 Å². The second kappa shape index (κ2) is 6.48. The lowest BCUT2D eigenvalue weighted by molar-refractivity contribution is 0.0951. The molecule has 3 aromatic rings. The van der Waals surface area contributed by atoms with E-state index in [1.54, 1.807) is 36.4 Å². The number of phenolic OH excluding ortho intramolecular Hbond substituents is 1. The van der Waals surface area contributed by atoms with E-state index in [0.717, 1.165) is 5.56 Å². The lowest BCUT2D eigenvalue weighted by Gasteiger charge is -2.06. The predicted molar refractivity (Wildman–Crippen MR) is 94.1 cm³/mol. The molecule has 0 aliphatic rings. The van der Waals surface area contributed by atoms with E-state index in [1.165, 1.54) is 12.3 Å². The summed E-state index contributed by atoms with van der Waals surface area (Å²) >= 11 is 0. The fourth-order valence-electron chi connectivity index (χ4n) is 2.43. The maximum absolute atomic E-state index is 12.2. The van der Waals surface area contributed by atoms with Gasteiger partial charge in [-0.05, 0) is 31.2 Å². The number of carbonyl (C=O) groups is 1. The largest absolute Gasteiger partial charge is 0.507 e. The summed E-state index contributed by atoms with van der Waals surface area (Å²) < 4.78 is 0. The van der Waals surface area contributed by atoms with Gasteiger partial charge in [0.05, 0.1) is 11.7 Å². The maximum atomic E-state index is 12.2. The first kappa shape index (κ1) is 16.3. The van der Waals surface area contributed by atoms with Crippen molar-refractivity contribution in [2.24, 2.45) is 5.10 Å². The van der Waals surface area contributed by atoms with Gasteiger partial charge in [0, 0.05) is 10.9 Å². The first-order valence-electron chi connectivity index (χ1n) is 7.44. The molecule has 7 nitrogen and oxygen atoms in total. The maximum Gasteiger partial charge on any atom is 0.280 e. The van der Waals surface area contributed by atoms with Crippen LogP contribution in [0.15, 0.2) is 52.4 Å². The standard InChI is InChI=1S/C18H15N3O4/c1-10-6-7-14(22)11(8-10)9-19-21-18(25)15-16(23)12-4-2-3-5-13(12)20-17(15)24/h2-9,22H,1H3,(H,21,25)(H2,20,23,24)/b19-9+. The highest BCUT2D eigenvalue weighted by Gasteiger charge is 2.18. The summed E-state index contributed by atoms with van der Waals surface area (Å²) in [6, 6.07) is 11.5. The van der Waals surface area contributed by atoms with Crippen LogP contribution < -0.4 is 11.0 Å². The number of hydrogen-bond acceptors (Lipinski definition) is 5. The summed E-state index contributed by atoms with van der Waals surface area (Å²) in [5, 5.41) is 24.0. The molecule has 3 rings (SSSR count). The number of hydrogen-bond donors (Lipinski definition) is 4. The van der Waals surface area contributed by atoms with Crippen LogP contribution >= 0.6 is 0 Å². The van der Waals surface area contributed by atoms with E-state index >= 15 is 0 Å². The molecule has 0 aliphatic heterocycles. The number of fused-ring (bicyclic) bond motifs is 1. The van der Waals surface area contributed by atoms with Crippen LogP contribution in [0.25, 0.3) is 10.9 Å². The molecule has 0 spiro atoms. The molecule has 0 unspecified atom stereocenters. The van der Waals surface area contributed by atoms with E-state index in [2.05, 4.69) is 15.5 Å². The van der Waals surface area contributed by atoms with Crippen molar-refractivity contribution >= 4 is 23.0 Å². The van der Waals surface area contributed by atoms with Crippen LogP contribution in [0.3, 0.4) is 0 Å². The van der Waals surface area contributed by atoms with Crippen molar-refractivity contribution in [2.45, 2.75) is 6.92 Å². The number of aromatic hydroxyl groups is 2. The molecule has 0 atom stereocenters. The highest BCUT2D eigenvalue weighted by atomic mass is 16.3. The Morgan fingerprint density at radius 2 is 1.96 bits per heavy atom. The van der Waals surface area contributed by atoms with Crippen LogP contribution in [0.4, 0.5) is 0 Å². The number of hydrazone groups is 1. The number of para-hydroxylation sites is 1. The Bertz CT molecular complexity index is 1050. The van der Waals surface area contributed by atoms with E-state index in [1.807, 2.05) is 6.92 Å². The van der Waals surface area contributed by atoms with Gasteiger partial charge < -0.3 is 15.2 Å². The highest BCUT2D eigenvalue weighted by molar-refractivity contribution is 6.02. The third-order valence-electron chi connectivity index (χ3n) is 3.67. The molecule has 0 aliphatic carbocycles. The van der Waals surface area contributed by atoms with Crippen LogP contribution in [-0.4, -0.2) is 27.3 Å². The first-order chi connectivity index (χ1) is 12.0. The molecule has 0 bridgehead atoms. The van der Waals surface area contributed by atoms with Crippen molar-refractivity contribution in [3.8, 4) is 11.5 Å². The summed E-state index contributed by atoms with van der Waals surface area (Å²) in [5.41, 5.74) is 2.78. The fraction of sp³-hybridized carbons (Fsp3) is 0.0556. The van der Waals surface area contributed by atoms with Crippen molar-refractivity contribution in [1.82, 2.24) is 10.4 Å². The number of nitrogens with one attached hydrogen (secondary N) is 2. The zero-order chi connectivity index (χ0) is 18.0. The van der Waals surface area contributed by atoms with Gasteiger partial charge in [0.25, 0.3) is 11.5 Å². The highest BCUT2D eigenvalue weighted by Crippen LogP contribution is 2.24. The van der Waals surface area contributed by atoms with Crippen molar-refractivity contribution in [1.29, 1.82) is 0 Å². The Balaban J connectivity index is 1.89. The number of benzene rings is 2. The van der Waals surface area contributed by atoms with Crippen LogP contribution in [0.2, 0.25) is 0 Å². The smallest absolute Gasteiger partial charge is 0.280 e. The van der Waals surface area contributed by atoms with Crippen molar-refractivity contribution < 1.29 is 15.0 Å². The third kappa shape index (κ3) is 3.20. The molecule has 4 N–H and O–H groups in total. The van der Waals surface area contributed by atoms with Gasteiger partial charge in [0.2, 0.25) is 0 Å². The predicted octanol–water partition coefficient (Wildman–Crippen LogP) is 2.01. The fourth-order valence-corrected chi connectivity index (χ4v) is 2.43. The van der Waals surface area contributed by atoms with Crippen LogP contribution in [0.1, 0.15) is 21.5 Å². The molecule has 126 valence electrons. The van der Waals surface area contributed by atoms with Gasteiger partial charge in [0.1, 0.15) is 17.1 Å². The van der Waals surface area contributed by atoms with E-state index in [0.29, 0.717) is 16.5 Å². The zero-order valence-corrected chi connectivity index (χ0v) is 13.3. The minimum Gasteiger partial charge on any atom is -0.507 e. The van der Waals surface area contributed by atoms with Crippen LogP contribution in [-0.2, 0) is 0 Å². The minimum absolute atomic E-state index is 0.00926. The Kier molecular flexibility index (Phi) is 4.21. The molecular weight excluding hydrogens is 322 g/mol. The molecule has 0 radical (unpaired) electrons. The molecule has 25 heavy (non-hydrogen) atoms. The Morgan fingerprint density at radius 3 is 2.76 bits per heavy atom. The molecule has 0 fully saturated rings. The normalized spacial score (nSPS) is 11.1. The molecular formula is C18H15N3O4. The number of pyridine rings is 1. The van der Waals surface area contributed by atoms with Gasteiger partial charge in [-0.25, -0.2) is 5.43 Å². The van der Waals surface area contributed by atoms with Gasteiger partial charge >= 0.3 is 0 Å². The number of H-pyrrole nitrogens is 1. The number of phenols is 1. The van der Waals surface area contributed by atoms with Gasteiger partial charge in [-0.3, -0.25) is 9.59 Å². The number of rotatable bonds is 3. The molecule has 1 amide bonds. The molecule has 2 aromatic carbocycles. The molecule has 0 saturated heterocycles. The number of aromatic nitrogens is 1. The number of carbonyl (C=O) groups excluding carboxylic acids is 1. The van der Waals surface area contributed by atoms with Gasteiger partial charge in [-0.1, -0.05) is 23.8 Å². The van der Waals surface area contributed by atoms with Crippen molar-refractivity contribution in [3.63, 3.8) is 0 Å². The summed E-state index contributed by atoms with van der Waals surface area (Å²) in [6.07, 6.45) is 1.26. The lowest BCUT2D eigenvalue weighted by Crippen LogP contribution is -2.26. The lowest BCUT2D eigenvalue weighted by atomic mass is 10.1. The van der Waals surface area contributed by atoms with Crippen molar-refractivity contribution in [2.75, 3.05) is 0 Å². The van der Waals surface area contributed by atoms with E-state index in [-0.39, 0.29) is 5.75 Å². The summed E-state index contributed by atoms with van der Waals surface area (Å²) in [7, 11) is 0. The summed E-state index contributed by atoms with van der Waals surface area (Å²) in [6.45, 7) is 1.85. The van der Waals surface area contributed by atoms with E-state index in [4.69, 9.17) is 0 Å². The molecule has 7 heteroatoms. The Hall–Kier alpha value is -3.61.